The van der Waals surface area contributed by atoms with E-state index in [1.807, 2.05) is 47.2 Å². The first-order valence-electron chi connectivity index (χ1n) is 7.30. The van der Waals surface area contributed by atoms with Crippen molar-refractivity contribution in [2.24, 2.45) is 0 Å². The highest BCUT2D eigenvalue weighted by atomic mass is 79.9. The van der Waals surface area contributed by atoms with Crippen LogP contribution in [0.2, 0.25) is 0 Å². The van der Waals surface area contributed by atoms with Gasteiger partial charge in [0.1, 0.15) is 4.83 Å². The van der Waals surface area contributed by atoms with Gasteiger partial charge in [0.15, 0.2) is 5.82 Å². The Kier molecular flexibility index (Phi) is 4.60. The van der Waals surface area contributed by atoms with E-state index in [4.69, 9.17) is 11.6 Å². The first kappa shape index (κ1) is 16.7. The fourth-order valence-corrected chi connectivity index (χ4v) is 4.69. The third-order valence-electron chi connectivity index (χ3n) is 3.62. The molecule has 0 aliphatic heterocycles. The Bertz CT molecular complexity index is 1130. The molecule has 124 valence electrons. The van der Waals surface area contributed by atoms with E-state index in [9.17, 15) is 4.79 Å². The van der Waals surface area contributed by atoms with Crippen LogP contribution in [0.25, 0.3) is 31.8 Å². The molecule has 7 heteroatoms. The van der Waals surface area contributed by atoms with Crippen LogP contribution in [0.1, 0.15) is 11.4 Å². The number of aromatic amines is 1. The smallest absolute Gasteiger partial charge is 0.260 e. The summed E-state index contributed by atoms with van der Waals surface area (Å²) in [6, 6.07) is 11.7. The Labute approximate surface area is 164 Å². The van der Waals surface area contributed by atoms with Crippen molar-refractivity contribution >= 4 is 71.5 Å². The molecule has 25 heavy (non-hydrogen) atoms. The fourth-order valence-electron chi connectivity index (χ4n) is 2.45. The predicted molar refractivity (Wildman–Crippen MR) is 111 cm³/mol. The topological polar surface area (TPSA) is 45.8 Å². The molecule has 0 aliphatic carbocycles. The summed E-state index contributed by atoms with van der Waals surface area (Å²) in [6.45, 7) is 0. The van der Waals surface area contributed by atoms with Gasteiger partial charge in [-0.15, -0.1) is 22.7 Å². The van der Waals surface area contributed by atoms with Gasteiger partial charge in [-0.3, -0.25) is 4.79 Å². The van der Waals surface area contributed by atoms with E-state index in [0.29, 0.717) is 21.1 Å². The molecule has 0 unspecified atom stereocenters. The van der Waals surface area contributed by atoms with Gasteiger partial charge in [-0.25, -0.2) is 4.98 Å². The second-order valence-electron chi connectivity index (χ2n) is 5.27. The maximum atomic E-state index is 12.6. The number of nitrogens with one attached hydrogen (secondary N) is 1. The van der Waals surface area contributed by atoms with Gasteiger partial charge >= 0.3 is 0 Å². The number of H-pyrrole nitrogens is 1. The van der Waals surface area contributed by atoms with Crippen molar-refractivity contribution in [2.75, 3.05) is 0 Å². The third-order valence-corrected chi connectivity index (χ3v) is 6.21. The fraction of sp³-hybridized carbons (Fsp3) is 0. The van der Waals surface area contributed by atoms with E-state index in [-0.39, 0.29) is 5.56 Å². The van der Waals surface area contributed by atoms with E-state index >= 15 is 0 Å². The molecule has 0 aliphatic rings. The molecule has 0 fully saturated rings. The highest BCUT2D eigenvalue weighted by Crippen LogP contribution is 2.34. The molecular formula is C18H10BrClN2OS2. The number of aromatic nitrogens is 2. The number of benzene rings is 1. The van der Waals surface area contributed by atoms with E-state index in [1.165, 1.54) is 11.3 Å². The zero-order chi connectivity index (χ0) is 17.4. The van der Waals surface area contributed by atoms with Gasteiger partial charge in [0.25, 0.3) is 5.56 Å². The van der Waals surface area contributed by atoms with Gasteiger partial charge in [-0.05, 0) is 35.2 Å². The van der Waals surface area contributed by atoms with Crippen LogP contribution in [-0.2, 0) is 0 Å². The SMILES string of the molecule is O=c1[nH]c(C(Cl)=Cc2ccc(Br)cc2)nc2scc(-c3cccs3)c12. The summed E-state index contributed by atoms with van der Waals surface area (Å²) in [4.78, 5) is 21.7. The van der Waals surface area contributed by atoms with Crippen LogP contribution in [0, 0.1) is 0 Å². The normalized spacial score (nSPS) is 12.0. The molecule has 1 aromatic carbocycles. The number of hydrogen-bond donors (Lipinski definition) is 1. The van der Waals surface area contributed by atoms with Crippen LogP contribution in [0.4, 0.5) is 0 Å². The molecule has 3 nitrogen and oxygen atoms in total. The Hall–Kier alpha value is -1.73. The summed E-state index contributed by atoms with van der Waals surface area (Å²) in [5, 5.41) is 4.97. The summed E-state index contributed by atoms with van der Waals surface area (Å²) in [5.41, 5.74) is 1.68. The maximum Gasteiger partial charge on any atom is 0.260 e. The molecular weight excluding hydrogens is 440 g/mol. The number of thiophene rings is 2. The van der Waals surface area contributed by atoms with Gasteiger partial charge in [0.05, 0.1) is 10.4 Å². The maximum absolute atomic E-state index is 12.6. The minimum atomic E-state index is -0.174. The lowest BCUT2D eigenvalue weighted by molar-refractivity contribution is 1.14. The van der Waals surface area contributed by atoms with Crippen molar-refractivity contribution < 1.29 is 0 Å². The van der Waals surface area contributed by atoms with E-state index in [1.54, 1.807) is 17.4 Å². The van der Waals surface area contributed by atoms with Crippen LogP contribution in [0.15, 0.2) is 56.4 Å². The number of nitrogens with zero attached hydrogens (tertiary/aromatic N) is 1. The van der Waals surface area contributed by atoms with Crippen LogP contribution in [0.3, 0.4) is 0 Å². The lowest BCUT2D eigenvalue weighted by Crippen LogP contribution is -2.10. The lowest BCUT2D eigenvalue weighted by atomic mass is 10.2. The third kappa shape index (κ3) is 3.35. The molecule has 0 spiro atoms. The van der Waals surface area contributed by atoms with Crippen LogP contribution >= 0.6 is 50.2 Å². The average Bonchev–Trinajstić information content (AvgIpc) is 3.25. The lowest BCUT2D eigenvalue weighted by Gasteiger charge is -2.01. The highest BCUT2D eigenvalue weighted by Gasteiger charge is 2.14. The van der Waals surface area contributed by atoms with E-state index in [0.717, 1.165) is 20.5 Å². The molecule has 3 heterocycles. The van der Waals surface area contributed by atoms with Crippen molar-refractivity contribution in [3.05, 3.63) is 73.4 Å². The summed E-state index contributed by atoms with van der Waals surface area (Å²) < 4.78 is 0.994. The summed E-state index contributed by atoms with van der Waals surface area (Å²) in [6.07, 6.45) is 1.78. The Morgan fingerprint density at radius 1 is 1.20 bits per heavy atom. The van der Waals surface area contributed by atoms with Gasteiger partial charge in [-0.2, -0.15) is 0 Å². The Balaban J connectivity index is 1.79. The molecule has 0 saturated carbocycles. The quantitative estimate of drug-likeness (QED) is 0.404. The first-order valence-corrected chi connectivity index (χ1v) is 10.2. The molecule has 0 saturated heterocycles. The largest absolute Gasteiger partial charge is 0.305 e. The molecule has 4 rings (SSSR count). The number of rotatable bonds is 3. The molecule has 3 aromatic heterocycles. The van der Waals surface area contributed by atoms with Gasteiger partial charge in [0.2, 0.25) is 0 Å². The highest BCUT2D eigenvalue weighted by molar-refractivity contribution is 9.10. The minimum Gasteiger partial charge on any atom is -0.305 e. The zero-order valence-electron chi connectivity index (χ0n) is 12.6. The van der Waals surface area contributed by atoms with Crippen molar-refractivity contribution in [2.45, 2.75) is 0 Å². The summed E-state index contributed by atoms with van der Waals surface area (Å²) >= 11 is 12.8. The Morgan fingerprint density at radius 3 is 2.72 bits per heavy atom. The molecule has 0 amide bonds. The van der Waals surface area contributed by atoms with Gasteiger partial charge in [0, 0.05) is 20.3 Å². The second kappa shape index (κ2) is 6.88. The van der Waals surface area contributed by atoms with Gasteiger partial charge < -0.3 is 4.98 Å². The second-order valence-corrected chi connectivity index (χ2v) is 8.39. The first-order chi connectivity index (χ1) is 12.1. The van der Waals surface area contributed by atoms with E-state index in [2.05, 4.69) is 25.9 Å². The molecule has 0 radical (unpaired) electrons. The molecule has 0 bridgehead atoms. The monoisotopic (exact) mass is 448 g/mol. The minimum absolute atomic E-state index is 0.174. The summed E-state index contributed by atoms with van der Waals surface area (Å²) in [7, 11) is 0. The van der Waals surface area contributed by atoms with E-state index < -0.39 is 0 Å². The van der Waals surface area contributed by atoms with Crippen LogP contribution in [-0.4, -0.2) is 9.97 Å². The van der Waals surface area contributed by atoms with Crippen LogP contribution < -0.4 is 5.56 Å². The standard InChI is InChI=1S/C18H10BrClN2OS2/c19-11-5-3-10(4-6-11)8-13(20)16-21-17(23)15-12(9-25-18(15)22-16)14-2-1-7-24-14/h1-9H,(H,21,22,23). The zero-order valence-corrected chi connectivity index (χ0v) is 16.6. The van der Waals surface area contributed by atoms with Crippen molar-refractivity contribution in [3.63, 3.8) is 0 Å². The van der Waals surface area contributed by atoms with Gasteiger partial charge in [-0.1, -0.05) is 45.7 Å². The van der Waals surface area contributed by atoms with Crippen LogP contribution in [0.5, 0.6) is 0 Å². The molecule has 1 N–H and O–H groups in total. The predicted octanol–water partition coefficient (Wildman–Crippen LogP) is 6.21. The summed E-state index contributed by atoms with van der Waals surface area (Å²) in [5.74, 6) is 0.377. The van der Waals surface area contributed by atoms with Crippen molar-refractivity contribution in [1.29, 1.82) is 0 Å². The molecule has 4 aromatic rings. The average molecular weight is 450 g/mol. The molecule has 0 atom stereocenters. The number of fused-ring (bicyclic) bond motifs is 1. The Morgan fingerprint density at radius 2 is 2.00 bits per heavy atom. The van der Waals surface area contributed by atoms with Crippen molar-refractivity contribution in [1.82, 2.24) is 9.97 Å². The van der Waals surface area contributed by atoms with Crippen molar-refractivity contribution in [3.8, 4) is 10.4 Å². The number of hydrogen-bond acceptors (Lipinski definition) is 4. The number of halogens is 2.